The van der Waals surface area contributed by atoms with E-state index in [1.54, 1.807) is 0 Å². The standard InChI is InChI=1S/C79H154O17P2/c1-7-11-13-15-17-19-21-22-23-24-25-26-27-28-33-36-40-44-51-57-63-78(83)95-74(67-89-77(82)62-56-50-43-39-35-32-30-29-31-34-37-41-47-53-59-71(5)9-3)69-93-97(85,86)91-65-73(80)66-92-98(87,88)94-70-75(96-79(84)64-58-52-46-45-48-54-60-72(6)10-4)68-90-76(81)61-55-49-42-38-20-18-16-14-12-8-2/h71-75,80H,7-70H2,1-6H3,(H,85,86)(H,87,88)/t71?,72?,73-,74-,75-/m1/s1. The van der Waals surface area contributed by atoms with Gasteiger partial charge in [0.05, 0.1) is 26.4 Å². The maximum absolute atomic E-state index is 13.1. The molecule has 0 aromatic rings. The SMILES string of the molecule is CCCCCCCCCCCCCCCCCCCCCCC(=O)O[C@H](COC(=O)CCCCCCCCCCCCCCCCC(C)CC)COP(=O)(O)OC[C@@H](O)COP(=O)(O)OC[C@@H](COC(=O)CCCCCCCCCCCC)OC(=O)CCCCCCCCC(C)CC. The Morgan fingerprint density at radius 2 is 0.490 bits per heavy atom. The second-order valence-electron chi connectivity index (χ2n) is 28.9. The van der Waals surface area contributed by atoms with Gasteiger partial charge in [-0.3, -0.25) is 37.3 Å². The van der Waals surface area contributed by atoms with Crippen LogP contribution in [0.3, 0.4) is 0 Å². The zero-order valence-corrected chi connectivity index (χ0v) is 65.9. The normalized spacial score (nSPS) is 14.5. The molecule has 0 rings (SSSR count). The van der Waals surface area contributed by atoms with Crippen LogP contribution in [0.4, 0.5) is 0 Å². The first kappa shape index (κ1) is 96.1. The molecule has 17 nitrogen and oxygen atoms in total. The molecule has 0 amide bonds. The van der Waals surface area contributed by atoms with Gasteiger partial charge in [0.1, 0.15) is 19.3 Å². The topological polar surface area (TPSA) is 237 Å². The molecular weight excluding hydrogens is 1280 g/mol. The van der Waals surface area contributed by atoms with E-state index < -0.39 is 97.5 Å². The van der Waals surface area contributed by atoms with E-state index in [0.29, 0.717) is 25.7 Å². The van der Waals surface area contributed by atoms with E-state index in [1.807, 2.05) is 0 Å². The lowest BCUT2D eigenvalue weighted by Crippen LogP contribution is -2.30. The average Bonchev–Trinajstić information content (AvgIpc) is 1.21. The fourth-order valence-corrected chi connectivity index (χ4v) is 13.7. The van der Waals surface area contributed by atoms with Crippen molar-refractivity contribution in [3.8, 4) is 0 Å². The van der Waals surface area contributed by atoms with Gasteiger partial charge in [-0.15, -0.1) is 0 Å². The number of rotatable bonds is 78. The maximum atomic E-state index is 13.1. The molecule has 0 aliphatic heterocycles. The molecule has 0 heterocycles. The van der Waals surface area contributed by atoms with Crippen LogP contribution in [0, 0.1) is 11.8 Å². The van der Waals surface area contributed by atoms with Crippen LogP contribution in [-0.4, -0.2) is 96.7 Å². The van der Waals surface area contributed by atoms with Crippen LogP contribution >= 0.6 is 15.6 Å². The molecule has 0 fully saturated rings. The van der Waals surface area contributed by atoms with E-state index in [2.05, 4.69) is 41.5 Å². The van der Waals surface area contributed by atoms with Gasteiger partial charge in [-0.05, 0) is 37.5 Å². The highest BCUT2D eigenvalue weighted by atomic mass is 31.2. The summed E-state index contributed by atoms with van der Waals surface area (Å²) in [5, 5.41) is 10.6. The van der Waals surface area contributed by atoms with Crippen molar-refractivity contribution in [1.82, 2.24) is 0 Å². The third kappa shape index (κ3) is 69.8. The summed E-state index contributed by atoms with van der Waals surface area (Å²) in [6, 6.07) is 0. The summed E-state index contributed by atoms with van der Waals surface area (Å²) >= 11 is 0. The number of hydrogen-bond acceptors (Lipinski definition) is 15. The van der Waals surface area contributed by atoms with Gasteiger partial charge in [0.2, 0.25) is 0 Å². The highest BCUT2D eigenvalue weighted by Crippen LogP contribution is 2.45. The molecule has 0 bridgehead atoms. The Hall–Kier alpha value is -1.94. The summed E-state index contributed by atoms with van der Waals surface area (Å²) in [5.41, 5.74) is 0. The Bertz CT molecular complexity index is 1890. The number of phosphoric ester groups is 2. The van der Waals surface area contributed by atoms with Gasteiger partial charge in [-0.1, -0.05) is 363 Å². The van der Waals surface area contributed by atoms with Crippen LogP contribution in [-0.2, 0) is 65.4 Å². The van der Waals surface area contributed by atoms with Gasteiger partial charge >= 0.3 is 39.5 Å². The lowest BCUT2D eigenvalue weighted by atomic mass is 9.99. The highest BCUT2D eigenvalue weighted by molar-refractivity contribution is 7.47. The molecule has 0 saturated carbocycles. The van der Waals surface area contributed by atoms with Gasteiger partial charge in [0, 0.05) is 25.7 Å². The number of esters is 4. The molecule has 0 saturated heterocycles. The third-order valence-electron chi connectivity index (χ3n) is 19.2. The Morgan fingerprint density at radius 1 is 0.286 bits per heavy atom. The molecular formula is C79H154O17P2. The fourth-order valence-electron chi connectivity index (χ4n) is 12.1. The first-order valence-electron chi connectivity index (χ1n) is 41.1. The zero-order valence-electron chi connectivity index (χ0n) is 64.1. The van der Waals surface area contributed by atoms with Gasteiger partial charge in [-0.25, -0.2) is 9.13 Å². The molecule has 98 heavy (non-hydrogen) atoms. The average molecular weight is 1440 g/mol. The largest absolute Gasteiger partial charge is 0.472 e. The van der Waals surface area contributed by atoms with E-state index in [4.69, 9.17) is 37.0 Å². The predicted molar refractivity (Wildman–Crippen MR) is 400 cm³/mol. The van der Waals surface area contributed by atoms with E-state index in [9.17, 15) is 43.2 Å². The molecule has 7 atom stereocenters. The van der Waals surface area contributed by atoms with Crippen LogP contribution in [0.15, 0.2) is 0 Å². The summed E-state index contributed by atoms with van der Waals surface area (Å²) in [6.07, 6.45) is 59.7. The number of aliphatic hydroxyl groups is 1. The van der Waals surface area contributed by atoms with Crippen molar-refractivity contribution in [2.45, 2.75) is 432 Å². The van der Waals surface area contributed by atoms with Gasteiger partial charge in [-0.2, -0.15) is 0 Å². The Balaban J connectivity index is 5.21. The molecule has 0 radical (unpaired) electrons. The number of hydrogen-bond donors (Lipinski definition) is 3. The number of phosphoric acid groups is 2. The van der Waals surface area contributed by atoms with Crippen LogP contribution in [0.1, 0.15) is 414 Å². The van der Waals surface area contributed by atoms with Crippen molar-refractivity contribution in [3.63, 3.8) is 0 Å². The van der Waals surface area contributed by atoms with Crippen LogP contribution < -0.4 is 0 Å². The quantitative estimate of drug-likeness (QED) is 0.0222. The molecule has 0 aliphatic carbocycles. The molecule has 0 aromatic carbocycles. The van der Waals surface area contributed by atoms with E-state index >= 15 is 0 Å². The van der Waals surface area contributed by atoms with E-state index in [0.717, 1.165) is 102 Å². The molecule has 0 spiro atoms. The summed E-state index contributed by atoms with van der Waals surface area (Å²) < 4.78 is 68.6. The fraction of sp³-hybridized carbons (Fsp3) is 0.949. The first-order chi connectivity index (χ1) is 47.4. The second-order valence-corrected chi connectivity index (χ2v) is 31.8. The van der Waals surface area contributed by atoms with Crippen LogP contribution in [0.5, 0.6) is 0 Å². The minimum absolute atomic E-state index is 0.103. The monoisotopic (exact) mass is 1440 g/mol. The van der Waals surface area contributed by atoms with Gasteiger partial charge < -0.3 is 33.8 Å². The van der Waals surface area contributed by atoms with Gasteiger partial charge in [0.15, 0.2) is 12.2 Å². The summed E-state index contributed by atoms with van der Waals surface area (Å²) in [4.78, 5) is 72.9. The van der Waals surface area contributed by atoms with Crippen molar-refractivity contribution < 1.29 is 80.2 Å². The molecule has 4 unspecified atom stereocenters. The Kier molecular flexibility index (Phi) is 69.3. The number of ether oxygens (including phenoxy) is 4. The number of carbonyl (C=O) groups is 4. The summed E-state index contributed by atoms with van der Waals surface area (Å²) in [6.45, 7) is 9.61. The Labute approximate surface area is 600 Å². The molecule has 582 valence electrons. The smallest absolute Gasteiger partial charge is 0.462 e. The van der Waals surface area contributed by atoms with Crippen molar-refractivity contribution in [2.75, 3.05) is 39.6 Å². The molecule has 0 aromatic heterocycles. The van der Waals surface area contributed by atoms with Crippen LogP contribution in [0.25, 0.3) is 0 Å². The van der Waals surface area contributed by atoms with Crippen molar-refractivity contribution in [2.24, 2.45) is 11.8 Å². The van der Waals surface area contributed by atoms with Crippen molar-refractivity contribution >= 4 is 39.5 Å². The van der Waals surface area contributed by atoms with Crippen molar-refractivity contribution in [3.05, 3.63) is 0 Å². The molecule has 0 aliphatic rings. The highest BCUT2D eigenvalue weighted by Gasteiger charge is 2.30. The van der Waals surface area contributed by atoms with E-state index in [1.165, 1.54) is 231 Å². The van der Waals surface area contributed by atoms with Crippen molar-refractivity contribution in [1.29, 1.82) is 0 Å². The van der Waals surface area contributed by atoms with Crippen LogP contribution in [0.2, 0.25) is 0 Å². The predicted octanol–water partition coefficient (Wildman–Crippen LogP) is 23.5. The number of carbonyl (C=O) groups excluding carboxylic acids is 4. The van der Waals surface area contributed by atoms with Gasteiger partial charge in [0.25, 0.3) is 0 Å². The zero-order chi connectivity index (χ0) is 72.1. The number of unbranched alkanes of at least 4 members (excludes halogenated alkanes) is 46. The lowest BCUT2D eigenvalue weighted by Gasteiger charge is -2.21. The lowest BCUT2D eigenvalue weighted by molar-refractivity contribution is -0.161. The summed E-state index contributed by atoms with van der Waals surface area (Å²) in [5.74, 6) is -0.545. The minimum atomic E-state index is -4.96. The molecule has 3 N–H and O–H groups in total. The molecule has 19 heteroatoms. The maximum Gasteiger partial charge on any atom is 0.472 e. The summed E-state index contributed by atoms with van der Waals surface area (Å²) in [7, 11) is -9.91. The number of aliphatic hydroxyl groups excluding tert-OH is 1. The second kappa shape index (κ2) is 70.7. The Morgan fingerprint density at radius 3 is 0.724 bits per heavy atom. The first-order valence-corrected chi connectivity index (χ1v) is 44.1. The third-order valence-corrected chi connectivity index (χ3v) is 21.1. The van der Waals surface area contributed by atoms with E-state index in [-0.39, 0.29) is 25.7 Å². The minimum Gasteiger partial charge on any atom is -0.462 e.